The van der Waals surface area contributed by atoms with Gasteiger partial charge in [-0.15, -0.1) is 0 Å². The van der Waals surface area contributed by atoms with E-state index >= 15 is 0 Å². The van der Waals surface area contributed by atoms with Crippen molar-refractivity contribution in [2.45, 2.75) is 6.92 Å². The molecule has 6 nitrogen and oxygen atoms in total. The smallest absolute Gasteiger partial charge is 0.258 e. The molecule has 21 heavy (non-hydrogen) atoms. The zero-order chi connectivity index (χ0) is 14.8. The monoisotopic (exact) mass is 283 g/mol. The Labute approximate surface area is 121 Å². The van der Waals surface area contributed by atoms with Crippen LogP contribution in [0.1, 0.15) is 5.56 Å². The summed E-state index contributed by atoms with van der Waals surface area (Å²) in [4.78, 5) is 8.59. The van der Waals surface area contributed by atoms with Crippen LogP contribution in [0, 0.1) is 6.92 Å². The number of aryl methyl sites for hydroxylation is 1. The first-order valence-electron chi connectivity index (χ1n) is 6.32. The molecule has 0 unspecified atom stereocenters. The van der Waals surface area contributed by atoms with Crippen molar-refractivity contribution >= 4 is 0 Å². The Balaban J connectivity index is 2.01. The summed E-state index contributed by atoms with van der Waals surface area (Å²) in [5.74, 6) is 1.17. The molecule has 0 atom stereocenters. The summed E-state index contributed by atoms with van der Waals surface area (Å²) in [6.07, 6.45) is 1.68. The maximum Gasteiger partial charge on any atom is 0.258 e. The van der Waals surface area contributed by atoms with Gasteiger partial charge in [-0.3, -0.25) is 4.98 Å². The SMILES string of the molecule is COc1cc(-c2nc(-c3ncccc3C)no2)ccc1O. The zero-order valence-electron chi connectivity index (χ0n) is 11.6. The number of phenolic OH excluding ortho intramolecular Hbond substituents is 1. The highest BCUT2D eigenvalue weighted by molar-refractivity contribution is 5.62. The van der Waals surface area contributed by atoms with Crippen LogP contribution < -0.4 is 4.74 Å². The van der Waals surface area contributed by atoms with Crippen LogP contribution in [0.25, 0.3) is 23.0 Å². The van der Waals surface area contributed by atoms with E-state index in [0.717, 1.165) is 5.56 Å². The third-order valence-electron chi connectivity index (χ3n) is 3.07. The van der Waals surface area contributed by atoms with Gasteiger partial charge < -0.3 is 14.4 Å². The Morgan fingerprint density at radius 3 is 2.86 bits per heavy atom. The van der Waals surface area contributed by atoms with Crippen molar-refractivity contribution in [1.29, 1.82) is 0 Å². The summed E-state index contributed by atoms with van der Waals surface area (Å²) >= 11 is 0. The Morgan fingerprint density at radius 2 is 2.10 bits per heavy atom. The van der Waals surface area contributed by atoms with Crippen molar-refractivity contribution in [2.24, 2.45) is 0 Å². The first-order valence-corrected chi connectivity index (χ1v) is 6.32. The maximum atomic E-state index is 9.60. The van der Waals surface area contributed by atoms with Gasteiger partial charge in [0.1, 0.15) is 5.69 Å². The normalized spacial score (nSPS) is 10.6. The van der Waals surface area contributed by atoms with Gasteiger partial charge >= 0.3 is 0 Å². The molecule has 3 aromatic rings. The van der Waals surface area contributed by atoms with Crippen molar-refractivity contribution in [1.82, 2.24) is 15.1 Å². The van der Waals surface area contributed by atoms with Crippen LogP contribution in [0.4, 0.5) is 0 Å². The molecule has 6 heteroatoms. The van der Waals surface area contributed by atoms with E-state index in [4.69, 9.17) is 9.26 Å². The number of rotatable bonds is 3. The van der Waals surface area contributed by atoms with Crippen molar-refractivity contribution < 1.29 is 14.4 Å². The first-order chi connectivity index (χ1) is 10.2. The van der Waals surface area contributed by atoms with Crippen molar-refractivity contribution in [2.75, 3.05) is 7.11 Å². The summed E-state index contributed by atoms with van der Waals surface area (Å²) in [6.45, 7) is 1.93. The van der Waals surface area contributed by atoms with Crippen molar-refractivity contribution in [3.8, 4) is 34.5 Å². The van der Waals surface area contributed by atoms with E-state index in [2.05, 4.69) is 15.1 Å². The number of methoxy groups -OCH3 is 1. The molecule has 2 heterocycles. The van der Waals surface area contributed by atoms with Crippen molar-refractivity contribution in [3.05, 3.63) is 42.1 Å². The van der Waals surface area contributed by atoms with Crippen LogP contribution in [-0.4, -0.2) is 27.3 Å². The van der Waals surface area contributed by atoms with Gasteiger partial charge in [0.05, 0.1) is 7.11 Å². The second-order valence-electron chi connectivity index (χ2n) is 4.48. The quantitative estimate of drug-likeness (QED) is 0.796. The lowest BCUT2D eigenvalue weighted by atomic mass is 10.2. The van der Waals surface area contributed by atoms with Gasteiger partial charge in [-0.05, 0) is 36.8 Å². The zero-order valence-corrected chi connectivity index (χ0v) is 11.6. The lowest BCUT2D eigenvalue weighted by Crippen LogP contribution is -1.89. The molecule has 1 N–H and O–H groups in total. The molecular weight excluding hydrogens is 270 g/mol. The maximum absolute atomic E-state index is 9.60. The van der Waals surface area contributed by atoms with E-state index < -0.39 is 0 Å². The molecule has 106 valence electrons. The third-order valence-corrected chi connectivity index (χ3v) is 3.07. The summed E-state index contributed by atoms with van der Waals surface area (Å²) in [6, 6.07) is 8.62. The second-order valence-corrected chi connectivity index (χ2v) is 4.48. The average Bonchev–Trinajstić information content (AvgIpc) is 2.98. The van der Waals surface area contributed by atoms with E-state index in [1.807, 2.05) is 19.1 Å². The Hall–Kier alpha value is -2.89. The molecule has 0 saturated carbocycles. The molecule has 0 aliphatic rings. The lowest BCUT2D eigenvalue weighted by Gasteiger charge is -2.03. The summed E-state index contributed by atoms with van der Waals surface area (Å²) in [7, 11) is 1.48. The highest BCUT2D eigenvalue weighted by Crippen LogP contribution is 2.31. The minimum atomic E-state index is 0.0570. The minimum Gasteiger partial charge on any atom is -0.504 e. The highest BCUT2D eigenvalue weighted by Gasteiger charge is 2.14. The molecule has 0 radical (unpaired) electrons. The predicted octanol–water partition coefficient (Wildman–Crippen LogP) is 2.82. The lowest BCUT2D eigenvalue weighted by molar-refractivity contribution is 0.373. The Morgan fingerprint density at radius 1 is 1.24 bits per heavy atom. The predicted molar refractivity (Wildman–Crippen MR) is 75.9 cm³/mol. The molecule has 0 amide bonds. The van der Waals surface area contributed by atoms with Crippen LogP contribution in [0.15, 0.2) is 41.1 Å². The number of pyridine rings is 1. The number of phenols is 1. The molecule has 0 saturated heterocycles. The second kappa shape index (κ2) is 5.24. The highest BCUT2D eigenvalue weighted by atomic mass is 16.5. The standard InChI is InChI=1S/C15H13N3O3/c1-9-4-3-7-16-13(9)14-17-15(21-18-14)10-5-6-11(19)12(8-10)20-2/h3-8,19H,1-2H3. The Bertz CT molecular complexity index is 783. The molecule has 0 spiro atoms. The molecule has 0 aliphatic heterocycles. The first kappa shape index (κ1) is 13.1. The summed E-state index contributed by atoms with van der Waals surface area (Å²) < 4.78 is 10.3. The van der Waals surface area contributed by atoms with Crippen LogP contribution in [-0.2, 0) is 0 Å². The number of aromatic hydroxyl groups is 1. The van der Waals surface area contributed by atoms with Gasteiger partial charge in [-0.1, -0.05) is 11.2 Å². The van der Waals surface area contributed by atoms with E-state index in [1.165, 1.54) is 13.2 Å². The summed E-state index contributed by atoms with van der Waals surface area (Å²) in [5, 5.41) is 13.5. The van der Waals surface area contributed by atoms with Gasteiger partial charge in [-0.25, -0.2) is 0 Å². The van der Waals surface area contributed by atoms with Crippen LogP contribution >= 0.6 is 0 Å². The molecule has 0 aliphatic carbocycles. The fourth-order valence-corrected chi connectivity index (χ4v) is 1.97. The van der Waals surface area contributed by atoms with Crippen molar-refractivity contribution in [3.63, 3.8) is 0 Å². The van der Waals surface area contributed by atoms with Gasteiger partial charge in [-0.2, -0.15) is 4.98 Å². The number of hydrogen-bond acceptors (Lipinski definition) is 6. The van der Waals surface area contributed by atoms with E-state index in [0.29, 0.717) is 28.7 Å². The van der Waals surface area contributed by atoms with Gasteiger partial charge in [0.25, 0.3) is 5.89 Å². The van der Waals surface area contributed by atoms with E-state index in [1.54, 1.807) is 18.3 Å². The minimum absolute atomic E-state index is 0.0570. The fraction of sp³-hybridized carbons (Fsp3) is 0.133. The van der Waals surface area contributed by atoms with E-state index in [-0.39, 0.29) is 5.75 Å². The topological polar surface area (TPSA) is 81.3 Å². The molecule has 2 aromatic heterocycles. The van der Waals surface area contributed by atoms with Gasteiger partial charge in [0.2, 0.25) is 5.82 Å². The van der Waals surface area contributed by atoms with Crippen LogP contribution in [0.3, 0.4) is 0 Å². The van der Waals surface area contributed by atoms with Crippen LogP contribution in [0.5, 0.6) is 11.5 Å². The van der Waals surface area contributed by atoms with Gasteiger partial charge in [0.15, 0.2) is 11.5 Å². The number of nitrogens with zero attached hydrogens (tertiary/aromatic N) is 3. The molecular formula is C15H13N3O3. The molecule has 1 aromatic carbocycles. The molecule has 3 rings (SSSR count). The fourth-order valence-electron chi connectivity index (χ4n) is 1.97. The number of ether oxygens (including phenoxy) is 1. The third kappa shape index (κ3) is 2.43. The van der Waals surface area contributed by atoms with Crippen LogP contribution in [0.2, 0.25) is 0 Å². The molecule has 0 bridgehead atoms. The number of aromatic nitrogens is 3. The number of benzene rings is 1. The van der Waals surface area contributed by atoms with E-state index in [9.17, 15) is 5.11 Å². The largest absolute Gasteiger partial charge is 0.504 e. The Kier molecular flexibility index (Phi) is 3.27. The molecule has 0 fully saturated rings. The number of hydrogen-bond donors (Lipinski definition) is 1. The van der Waals surface area contributed by atoms with Gasteiger partial charge in [0, 0.05) is 11.8 Å². The average molecular weight is 283 g/mol. The summed E-state index contributed by atoms with van der Waals surface area (Å²) in [5.41, 5.74) is 2.31.